The number of nitrogens with zero attached hydrogens (tertiary/aromatic N) is 2. The molecule has 4 N–H and O–H groups in total. The fraction of sp³-hybridized carbons (Fsp3) is 0.308. The van der Waals surface area contributed by atoms with Crippen LogP contribution < -0.4 is 16.2 Å². The van der Waals surface area contributed by atoms with Gasteiger partial charge in [-0.3, -0.25) is 10.1 Å². The van der Waals surface area contributed by atoms with Gasteiger partial charge in [0.25, 0.3) is 0 Å². The first-order valence-electron chi connectivity index (χ1n) is 6.74. The molecule has 1 aliphatic rings. The molecule has 1 aliphatic heterocycles. The number of hydrogen-bond acceptors (Lipinski definition) is 8. The van der Waals surface area contributed by atoms with E-state index in [1.807, 2.05) is 6.26 Å². The van der Waals surface area contributed by atoms with E-state index in [0.717, 1.165) is 4.34 Å². The second kappa shape index (κ2) is 7.02. The van der Waals surface area contributed by atoms with Crippen LogP contribution in [0.2, 0.25) is 5.02 Å². The number of phenols is 1. The van der Waals surface area contributed by atoms with E-state index < -0.39 is 6.04 Å². The van der Waals surface area contributed by atoms with Crippen LogP contribution in [0.5, 0.6) is 5.75 Å². The molecule has 2 heterocycles. The zero-order valence-corrected chi connectivity index (χ0v) is 14.4. The van der Waals surface area contributed by atoms with Gasteiger partial charge in [-0.15, -0.1) is 10.2 Å². The summed E-state index contributed by atoms with van der Waals surface area (Å²) in [7, 11) is 0. The highest BCUT2D eigenvalue weighted by Crippen LogP contribution is 2.32. The summed E-state index contributed by atoms with van der Waals surface area (Å²) in [4.78, 5) is 12.3. The summed E-state index contributed by atoms with van der Waals surface area (Å²) in [6, 6.07) is 4.19. The smallest absolute Gasteiger partial charge is 0.244 e. The van der Waals surface area contributed by atoms with Gasteiger partial charge in [0.15, 0.2) is 4.34 Å². The van der Waals surface area contributed by atoms with Crippen LogP contribution >= 0.6 is 34.7 Å². The van der Waals surface area contributed by atoms with Crippen LogP contribution in [0, 0.1) is 0 Å². The van der Waals surface area contributed by atoms with Gasteiger partial charge in [0.1, 0.15) is 11.8 Å². The highest BCUT2D eigenvalue weighted by molar-refractivity contribution is 8.00. The SMILES string of the molecule is CSc1nnc(NC(=O)C2CC(c3cc(Cl)ccc3O)NN2)s1. The summed E-state index contributed by atoms with van der Waals surface area (Å²) in [5.74, 6) is -0.0613. The molecule has 3 rings (SSSR count). The first-order chi connectivity index (χ1) is 11.1. The van der Waals surface area contributed by atoms with Crippen molar-refractivity contribution in [3.63, 3.8) is 0 Å². The van der Waals surface area contributed by atoms with E-state index in [9.17, 15) is 9.90 Å². The summed E-state index contributed by atoms with van der Waals surface area (Å²) >= 11 is 8.76. The first-order valence-corrected chi connectivity index (χ1v) is 9.16. The monoisotopic (exact) mass is 371 g/mol. The van der Waals surface area contributed by atoms with E-state index >= 15 is 0 Å². The molecule has 7 nitrogen and oxygen atoms in total. The Morgan fingerprint density at radius 1 is 1.48 bits per heavy atom. The Morgan fingerprint density at radius 2 is 2.30 bits per heavy atom. The van der Waals surface area contributed by atoms with Crippen molar-refractivity contribution >= 4 is 45.7 Å². The molecule has 1 aromatic heterocycles. The van der Waals surface area contributed by atoms with Crippen LogP contribution in [0.4, 0.5) is 5.13 Å². The van der Waals surface area contributed by atoms with Gasteiger partial charge in [-0.05, 0) is 30.9 Å². The summed E-state index contributed by atoms with van der Waals surface area (Å²) in [5, 5.41) is 21.5. The number of carbonyl (C=O) groups is 1. The Kier molecular flexibility index (Phi) is 5.02. The number of rotatable bonds is 4. The average Bonchev–Trinajstić information content (AvgIpc) is 3.18. The largest absolute Gasteiger partial charge is 0.508 e. The molecule has 0 aliphatic carbocycles. The van der Waals surface area contributed by atoms with Crippen molar-refractivity contribution < 1.29 is 9.90 Å². The van der Waals surface area contributed by atoms with E-state index in [0.29, 0.717) is 22.1 Å². The lowest BCUT2D eigenvalue weighted by Crippen LogP contribution is -2.39. The molecular weight excluding hydrogens is 358 g/mol. The topological polar surface area (TPSA) is 99.2 Å². The third kappa shape index (κ3) is 3.75. The van der Waals surface area contributed by atoms with Crippen LogP contribution in [-0.4, -0.2) is 33.5 Å². The predicted molar refractivity (Wildman–Crippen MR) is 90.9 cm³/mol. The summed E-state index contributed by atoms with van der Waals surface area (Å²) in [5.41, 5.74) is 6.59. The van der Waals surface area contributed by atoms with Gasteiger partial charge in [-0.25, -0.2) is 10.9 Å². The molecule has 23 heavy (non-hydrogen) atoms. The lowest BCUT2D eigenvalue weighted by Gasteiger charge is -2.12. The summed E-state index contributed by atoms with van der Waals surface area (Å²) in [6.07, 6.45) is 2.38. The first kappa shape index (κ1) is 16.5. The molecule has 122 valence electrons. The number of carbonyl (C=O) groups excluding carboxylic acids is 1. The highest BCUT2D eigenvalue weighted by Gasteiger charge is 2.32. The molecular formula is C13H14ClN5O2S2. The summed E-state index contributed by atoms with van der Waals surface area (Å²) < 4.78 is 0.791. The molecule has 1 aromatic carbocycles. The molecule has 1 saturated heterocycles. The predicted octanol–water partition coefficient (Wildman–Crippen LogP) is 2.17. The summed E-state index contributed by atoms with van der Waals surface area (Å²) in [6.45, 7) is 0. The molecule has 2 atom stereocenters. The normalized spacial score (nSPS) is 20.6. The van der Waals surface area contributed by atoms with E-state index in [1.54, 1.807) is 12.1 Å². The molecule has 0 spiro atoms. The number of halogens is 1. The van der Waals surface area contributed by atoms with E-state index in [1.165, 1.54) is 29.2 Å². The minimum atomic E-state index is -0.444. The average molecular weight is 372 g/mol. The number of nitrogens with one attached hydrogen (secondary N) is 3. The molecule has 1 fully saturated rings. The van der Waals surface area contributed by atoms with Crippen LogP contribution in [0.3, 0.4) is 0 Å². The van der Waals surface area contributed by atoms with Gasteiger partial charge in [-0.1, -0.05) is 34.7 Å². The fourth-order valence-corrected chi connectivity index (χ4v) is 3.63. The Labute approximate surface area is 145 Å². The van der Waals surface area contributed by atoms with Crippen molar-refractivity contribution in [1.82, 2.24) is 21.0 Å². The van der Waals surface area contributed by atoms with Gasteiger partial charge >= 0.3 is 0 Å². The number of hydrogen-bond donors (Lipinski definition) is 4. The van der Waals surface area contributed by atoms with E-state index in [4.69, 9.17) is 11.6 Å². The van der Waals surface area contributed by atoms with Crippen molar-refractivity contribution in [2.24, 2.45) is 0 Å². The zero-order valence-electron chi connectivity index (χ0n) is 12.0. The third-order valence-electron chi connectivity index (χ3n) is 3.40. The molecule has 0 saturated carbocycles. The lowest BCUT2D eigenvalue weighted by molar-refractivity contribution is -0.117. The quantitative estimate of drug-likeness (QED) is 0.482. The van der Waals surface area contributed by atoms with Gasteiger partial charge in [0.05, 0.1) is 6.04 Å². The van der Waals surface area contributed by atoms with E-state index in [-0.39, 0.29) is 17.7 Å². The Bertz CT molecular complexity index is 726. The van der Waals surface area contributed by atoms with Gasteiger partial charge in [0, 0.05) is 10.6 Å². The number of amides is 1. The van der Waals surface area contributed by atoms with Crippen LogP contribution in [-0.2, 0) is 4.79 Å². The Hall–Kier alpha value is -1.39. The second-order valence-electron chi connectivity index (χ2n) is 4.90. The van der Waals surface area contributed by atoms with Gasteiger partial charge < -0.3 is 5.11 Å². The van der Waals surface area contributed by atoms with Crippen LogP contribution in [0.25, 0.3) is 0 Å². The maximum absolute atomic E-state index is 12.3. The number of thioether (sulfide) groups is 1. The second-order valence-corrected chi connectivity index (χ2v) is 7.37. The third-order valence-corrected chi connectivity index (χ3v) is 5.45. The maximum Gasteiger partial charge on any atom is 0.244 e. The Balaban J connectivity index is 1.64. The van der Waals surface area contributed by atoms with E-state index in [2.05, 4.69) is 26.4 Å². The zero-order chi connectivity index (χ0) is 16.4. The molecule has 1 amide bonds. The number of aromatic hydroxyl groups is 1. The van der Waals surface area contributed by atoms with Crippen molar-refractivity contribution in [2.75, 3.05) is 11.6 Å². The maximum atomic E-state index is 12.3. The van der Waals surface area contributed by atoms with Crippen LogP contribution in [0.15, 0.2) is 22.5 Å². The molecule has 2 aromatic rings. The number of aromatic nitrogens is 2. The number of hydrazine groups is 1. The Morgan fingerprint density at radius 3 is 3.04 bits per heavy atom. The fourth-order valence-electron chi connectivity index (χ4n) is 2.27. The molecule has 0 bridgehead atoms. The van der Waals surface area contributed by atoms with Gasteiger partial charge in [0.2, 0.25) is 11.0 Å². The highest BCUT2D eigenvalue weighted by atomic mass is 35.5. The lowest BCUT2D eigenvalue weighted by atomic mass is 10.0. The standard InChI is InChI=1S/C13H14ClN5O2S2/c1-22-13-19-18-12(23-13)15-11(21)9-5-8(16-17-9)7-4-6(14)2-3-10(7)20/h2-4,8-9,16-17,20H,5H2,1H3,(H,15,18,21). The molecule has 10 heteroatoms. The number of benzene rings is 1. The molecule has 0 radical (unpaired) electrons. The van der Waals surface area contributed by atoms with Crippen molar-refractivity contribution in [3.05, 3.63) is 28.8 Å². The van der Waals surface area contributed by atoms with Crippen molar-refractivity contribution in [2.45, 2.75) is 22.8 Å². The molecule has 2 unspecified atom stereocenters. The van der Waals surface area contributed by atoms with Crippen molar-refractivity contribution in [1.29, 1.82) is 0 Å². The van der Waals surface area contributed by atoms with Crippen molar-refractivity contribution in [3.8, 4) is 5.75 Å². The number of anilines is 1. The minimum absolute atomic E-state index is 0.142. The van der Waals surface area contributed by atoms with Crippen LogP contribution in [0.1, 0.15) is 18.0 Å². The number of phenolic OH excluding ortho intramolecular Hbond substituents is 1. The van der Waals surface area contributed by atoms with Gasteiger partial charge in [-0.2, -0.15) is 0 Å². The minimum Gasteiger partial charge on any atom is -0.508 e.